The van der Waals surface area contributed by atoms with E-state index in [1.54, 1.807) is 0 Å². The second-order valence-corrected chi connectivity index (χ2v) is 3.96. The SMILES string of the molecule is CNC(c1cccc(CN)c1)C(C)C. The van der Waals surface area contributed by atoms with Crippen LogP contribution in [0.5, 0.6) is 0 Å². The van der Waals surface area contributed by atoms with Crippen molar-refractivity contribution in [1.29, 1.82) is 0 Å². The lowest BCUT2D eigenvalue weighted by Gasteiger charge is -2.21. The highest BCUT2D eigenvalue weighted by atomic mass is 14.9. The van der Waals surface area contributed by atoms with Crippen molar-refractivity contribution in [2.75, 3.05) is 7.05 Å². The second-order valence-electron chi connectivity index (χ2n) is 3.96. The Bertz CT molecular complexity index is 281. The normalized spacial score (nSPS) is 13.2. The Labute approximate surface area is 86.5 Å². The van der Waals surface area contributed by atoms with Gasteiger partial charge in [0, 0.05) is 12.6 Å². The molecule has 0 heterocycles. The van der Waals surface area contributed by atoms with Crippen LogP contribution in [-0.2, 0) is 6.54 Å². The summed E-state index contributed by atoms with van der Waals surface area (Å²) in [6, 6.07) is 8.89. The van der Waals surface area contributed by atoms with E-state index in [9.17, 15) is 0 Å². The molecular weight excluding hydrogens is 172 g/mol. The molecule has 1 atom stereocenters. The number of rotatable bonds is 4. The quantitative estimate of drug-likeness (QED) is 0.766. The first-order valence-corrected chi connectivity index (χ1v) is 5.15. The molecule has 0 aliphatic heterocycles. The second kappa shape index (κ2) is 5.13. The average Bonchev–Trinajstić information content (AvgIpc) is 2.19. The highest BCUT2D eigenvalue weighted by molar-refractivity contribution is 5.26. The molecule has 2 nitrogen and oxygen atoms in total. The van der Waals surface area contributed by atoms with Crippen LogP contribution in [0.1, 0.15) is 31.0 Å². The van der Waals surface area contributed by atoms with Gasteiger partial charge in [0.05, 0.1) is 0 Å². The molecule has 78 valence electrons. The van der Waals surface area contributed by atoms with Crippen LogP contribution in [0.4, 0.5) is 0 Å². The van der Waals surface area contributed by atoms with Crippen molar-refractivity contribution in [3.63, 3.8) is 0 Å². The van der Waals surface area contributed by atoms with Gasteiger partial charge in [0.2, 0.25) is 0 Å². The van der Waals surface area contributed by atoms with E-state index in [0.29, 0.717) is 18.5 Å². The van der Waals surface area contributed by atoms with Crippen molar-refractivity contribution in [2.24, 2.45) is 11.7 Å². The zero-order chi connectivity index (χ0) is 10.6. The third-order valence-corrected chi connectivity index (χ3v) is 2.52. The van der Waals surface area contributed by atoms with E-state index in [4.69, 9.17) is 5.73 Å². The Kier molecular flexibility index (Phi) is 4.11. The molecule has 0 saturated carbocycles. The topological polar surface area (TPSA) is 38.0 Å². The molecule has 14 heavy (non-hydrogen) atoms. The van der Waals surface area contributed by atoms with Crippen molar-refractivity contribution >= 4 is 0 Å². The van der Waals surface area contributed by atoms with Crippen molar-refractivity contribution in [2.45, 2.75) is 26.4 Å². The van der Waals surface area contributed by atoms with Crippen LogP contribution in [0.2, 0.25) is 0 Å². The molecule has 0 aliphatic carbocycles. The first-order valence-electron chi connectivity index (χ1n) is 5.15. The lowest BCUT2D eigenvalue weighted by molar-refractivity contribution is 0.443. The standard InChI is InChI=1S/C12H20N2/c1-9(2)12(14-3)11-6-4-5-10(7-11)8-13/h4-7,9,12,14H,8,13H2,1-3H3. The van der Waals surface area contributed by atoms with Crippen LogP contribution >= 0.6 is 0 Å². The lowest BCUT2D eigenvalue weighted by Crippen LogP contribution is -2.21. The van der Waals surface area contributed by atoms with E-state index in [-0.39, 0.29) is 0 Å². The summed E-state index contributed by atoms with van der Waals surface area (Å²) in [6.07, 6.45) is 0. The van der Waals surface area contributed by atoms with E-state index in [1.165, 1.54) is 11.1 Å². The van der Waals surface area contributed by atoms with Gasteiger partial charge in [-0.15, -0.1) is 0 Å². The number of benzene rings is 1. The minimum absolute atomic E-state index is 0.418. The Balaban J connectivity index is 2.92. The maximum atomic E-state index is 5.62. The fourth-order valence-electron chi connectivity index (χ4n) is 1.80. The third kappa shape index (κ3) is 2.56. The molecule has 0 saturated heterocycles. The van der Waals surface area contributed by atoms with Gasteiger partial charge in [-0.1, -0.05) is 38.1 Å². The van der Waals surface area contributed by atoms with Gasteiger partial charge in [-0.05, 0) is 24.1 Å². The smallest absolute Gasteiger partial charge is 0.0340 e. The fourth-order valence-corrected chi connectivity index (χ4v) is 1.80. The number of nitrogens with two attached hydrogens (primary N) is 1. The highest BCUT2D eigenvalue weighted by Gasteiger charge is 2.12. The van der Waals surface area contributed by atoms with Crippen molar-refractivity contribution < 1.29 is 0 Å². The first-order chi connectivity index (χ1) is 6.69. The molecule has 0 aliphatic rings. The van der Waals surface area contributed by atoms with Gasteiger partial charge in [-0.25, -0.2) is 0 Å². The van der Waals surface area contributed by atoms with Crippen LogP contribution in [0, 0.1) is 5.92 Å². The van der Waals surface area contributed by atoms with E-state index >= 15 is 0 Å². The molecular formula is C12H20N2. The van der Waals surface area contributed by atoms with E-state index in [1.807, 2.05) is 7.05 Å². The van der Waals surface area contributed by atoms with E-state index in [0.717, 1.165) is 0 Å². The van der Waals surface area contributed by atoms with Crippen molar-refractivity contribution in [1.82, 2.24) is 5.32 Å². The largest absolute Gasteiger partial charge is 0.326 e. The molecule has 1 aromatic rings. The average molecular weight is 192 g/mol. The number of hydrogen-bond acceptors (Lipinski definition) is 2. The Morgan fingerprint density at radius 1 is 1.36 bits per heavy atom. The van der Waals surface area contributed by atoms with Crippen molar-refractivity contribution in [3.8, 4) is 0 Å². The van der Waals surface area contributed by atoms with E-state index in [2.05, 4.69) is 43.4 Å². The predicted molar refractivity (Wildman–Crippen MR) is 61.0 cm³/mol. The summed E-state index contributed by atoms with van der Waals surface area (Å²) in [5.74, 6) is 0.591. The monoisotopic (exact) mass is 192 g/mol. The van der Waals surface area contributed by atoms with Crippen LogP contribution in [0.25, 0.3) is 0 Å². The Morgan fingerprint density at radius 2 is 2.07 bits per heavy atom. The van der Waals surface area contributed by atoms with Crippen LogP contribution < -0.4 is 11.1 Å². The molecule has 1 rings (SSSR count). The summed E-state index contributed by atoms with van der Waals surface area (Å²) in [5.41, 5.74) is 8.14. The molecule has 0 fully saturated rings. The molecule has 0 amide bonds. The summed E-state index contributed by atoms with van der Waals surface area (Å²) in [4.78, 5) is 0. The maximum Gasteiger partial charge on any atom is 0.0340 e. The van der Waals surface area contributed by atoms with Gasteiger partial charge < -0.3 is 11.1 Å². The molecule has 3 N–H and O–H groups in total. The molecule has 2 heteroatoms. The van der Waals surface area contributed by atoms with Crippen LogP contribution in [0.3, 0.4) is 0 Å². The minimum atomic E-state index is 0.418. The molecule has 0 radical (unpaired) electrons. The zero-order valence-corrected chi connectivity index (χ0v) is 9.25. The molecule has 1 unspecified atom stereocenters. The highest BCUT2D eigenvalue weighted by Crippen LogP contribution is 2.21. The Hall–Kier alpha value is -0.860. The summed E-state index contributed by atoms with van der Waals surface area (Å²) >= 11 is 0. The fraction of sp³-hybridized carbons (Fsp3) is 0.500. The lowest BCUT2D eigenvalue weighted by atomic mass is 9.95. The first kappa shape index (κ1) is 11.2. The minimum Gasteiger partial charge on any atom is -0.326 e. The number of nitrogens with one attached hydrogen (secondary N) is 1. The van der Waals surface area contributed by atoms with Crippen molar-refractivity contribution in [3.05, 3.63) is 35.4 Å². The van der Waals surface area contributed by atoms with Crippen LogP contribution in [-0.4, -0.2) is 7.05 Å². The molecule has 1 aromatic carbocycles. The molecule has 0 bridgehead atoms. The molecule has 0 spiro atoms. The van der Waals surface area contributed by atoms with Gasteiger partial charge >= 0.3 is 0 Å². The molecule has 0 aromatic heterocycles. The summed E-state index contributed by atoms with van der Waals surface area (Å²) < 4.78 is 0. The Morgan fingerprint density at radius 3 is 2.57 bits per heavy atom. The predicted octanol–water partition coefficient (Wildman–Crippen LogP) is 2.06. The van der Waals surface area contributed by atoms with Gasteiger partial charge in [0.1, 0.15) is 0 Å². The van der Waals surface area contributed by atoms with E-state index < -0.39 is 0 Å². The maximum absolute atomic E-state index is 5.62. The summed E-state index contributed by atoms with van der Waals surface area (Å²) in [7, 11) is 2.00. The van der Waals surface area contributed by atoms with Gasteiger partial charge in [-0.2, -0.15) is 0 Å². The third-order valence-electron chi connectivity index (χ3n) is 2.52. The van der Waals surface area contributed by atoms with Crippen LogP contribution in [0.15, 0.2) is 24.3 Å². The summed E-state index contributed by atoms with van der Waals surface area (Å²) in [5, 5.41) is 3.33. The van der Waals surface area contributed by atoms with Gasteiger partial charge in [0.15, 0.2) is 0 Å². The number of hydrogen-bond donors (Lipinski definition) is 2. The van der Waals surface area contributed by atoms with Gasteiger partial charge in [0.25, 0.3) is 0 Å². The summed E-state index contributed by atoms with van der Waals surface area (Å²) in [6.45, 7) is 5.05. The van der Waals surface area contributed by atoms with Gasteiger partial charge in [-0.3, -0.25) is 0 Å². The zero-order valence-electron chi connectivity index (χ0n) is 9.25.